The van der Waals surface area contributed by atoms with Gasteiger partial charge in [0, 0.05) is 25.7 Å². The average Bonchev–Trinajstić information content (AvgIpc) is 3.26. The van der Waals surface area contributed by atoms with Crippen LogP contribution >= 0.6 is 0 Å². The van der Waals surface area contributed by atoms with Crippen molar-refractivity contribution >= 4 is 0 Å². The van der Waals surface area contributed by atoms with E-state index in [1.165, 1.54) is 37.9 Å². The molecule has 0 amide bonds. The van der Waals surface area contributed by atoms with Gasteiger partial charge in [0.1, 0.15) is 0 Å². The highest BCUT2D eigenvalue weighted by Crippen LogP contribution is 2.47. The summed E-state index contributed by atoms with van der Waals surface area (Å²) in [6, 6.07) is 11.8. The largest absolute Gasteiger partial charge is 0.313 e. The average molecular weight is 244 g/mol. The Morgan fingerprint density at radius 3 is 2.72 bits per heavy atom. The molecule has 0 saturated heterocycles. The summed E-state index contributed by atoms with van der Waals surface area (Å²) in [5.41, 5.74) is 1.53. The predicted octanol–water partition coefficient (Wildman–Crippen LogP) is 2.47. The third-order valence-corrected chi connectivity index (χ3v) is 4.20. The van der Waals surface area contributed by atoms with Gasteiger partial charge in [-0.05, 0) is 43.7 Å². The molecule has 0 radical (unpaired) electrons. The molecule has 1 N–H and O–H groups in total. The molecule has 0 bridgehead atoms. The maximum Gasteiger partial charge on any atom is 0.0104 e. The van der Waals surface area contributed by atoms with Crippen molar-refractivity contribution in [2.24, 2.45) is 5.92 Å². The maximum absolute atomic E-state index is 3.58. The van der Waals surface area contributed by atoms with Crippen LogP contribution in [0.5, 0.6) is 0 Å². The normalized spacial score (nSPS) is 26.6. The number of benzene rings is 1. The highest BCUT2D eigenvalue weighted by molar-refractivity contribution is 5.25. The van der Waals surface area contributed by atoms with Crippen LogP contribution in [-0.4, -0.2) is 37.6 Å². The Bertz CT molecular complexity index is 372. The number of nitrogens with one attached hydrogen (secondary N) is 1. The molecule has 98 valence electrons. The second-order valence-corrected chi connectivity index (χ2v) is 6.00. The first kappa shape index (κ1) is 12.2. The van der Waals surface area contributed by atoms with Crippen molar-refractivity contribution in [1.29, 1.82) is 0 Å². The molecule has 1 aromatic carbocycles. The van der Waals surface area contributed by atoms with E-state index in [0.717, 1.165) is 24.4 Å². The standard InChI is InChI=1S/C16H24N2/c1-18(10-9-17-15-7-8-15)12-14-11-16(14)13-5-3-2-4-6-13/h2-6,14-17H,7-12H2,1H3. The third-order valence-electron chi connectivity index (χ3n) is 4.20. The van der Waals surface area contributed by atoms with Gasteiger partial charge in [-0.15, -0.1) is 0 Å². The van der Waals surface area contributed by atoms with Crippen LogP contribution in [0.4, 0.5) is 0 Å². The van der Waals surface area contributed by atoms with E-state index >= 15 is 0 Å². The van der Waals surface area contributed by atoms with Gasteiger partial charge in [0.2, 0.25) is 0 Å². The Morgan fingerprint density at radius 2 is 2.00 bits per heavy atom. The lowest BCUT2D eigenvalue weighted by molar-refractivity contribution is 0.316. The first-order chi connectivity index (χ1) is 8.83. The number of nitrogens with zero attached hydrogens (tertiary/aromatic N) is 1. The van der Waals surface area contributed by atoms with Gasteiger partial charge in [-0.3, -0.25) is 0 Å². The van der Waals surface area contributed by atoms with Crippen molar-refractivity contribution in [3.63, 3.8) is 0 Å². The smallest absolute Gasteiger partial charge is 0.0104 e. The molecule has 2 fully saturated rings. The number of likely N-dealkylation sites (N-methyl/N-ethyl adjacent to an activating group) is 1. The summed E-state index contributed by atoms with van der Waals surface area (Å²) in [5, 5.41) is 3.58. The summed E-state index contributed by atoms with van der Waals surface area (Å²) < 4.78 is 0. The second-order valence-electron chi connectivity index (χ2n) is 6.00. The molecule has 2 atom stereocenters. The Kier molecular flexibility index (Phi) is 3.67. The molecule has 0 aromatic heterocycles. The summed E-state index contributed by atoms with van der Waals surface area (Å²) in [7, 11) is 2.26. The first-order valence-electron chi connectivity index (χ1n) is 7.30. The highest BCUT2D eigenvalue weighted by atomic mass is 15.1. The minimum atomic E-state index is 0.824. The van der Waals surface area contributed by atoms with Gasteiger partial charge in [0.25, 0.3) is 0 Å². The zero-order chi connectivity index (χ0) is 12.4. The van der Waals surface area contributed by atoms with Gasteiger partial charge in [-0.2, -0.15) is 0 Å². The Balaban J connectivity index is 1.36. The Morgan fingerprint density at radius 1 is 1.22 bits per heavy atom. The molecule has 0 aliphatic heterocycles. The number of rotatable bonds is 7. The van der Waals surface area contributed by atoms with Crippen LogP contribution in [-0.2, 0) is 0 Å². The monoisotopic (exact) mass is 244 g/mol. The van der Waals surface area contributed by atoms with Gasteiger partial charge < -0.3 is 10.2 Å². The SMILES string of the molecule is CN(CCNC1CC1)CC1CC1c1ccccc1. The predicted molar refractivity (Wildman–Crippen MR) is 75.8 cm³/mol. The fourth-order valence-corrected chi connectivity index (χ4v) is 2.80. The summed E-state index contributed by atoms with van der Waals surface area (Å²) in [4.78, 5) is 2.49. The summed E-state index contributed by atoms with van der Waals surface area (Å²) >= 11 is 0. The topological polar surface area (TPSA) is 15.3 Å². The first-order valence-corrected chi connectivity index (χ1v) is 7.30. The molecule has 2 aliphatic carbocycles. The molecule has 2 saturated carbocycles. The maximum atomic E-state index is 3.58. The molecule has 3 rings (SSSR count). The van der Waals surface area contributed by atoms with Crippen LogP contribution in [0.1, 0.15) is 30.7 Å². The van der Waals surface area contributed by atoms with E-state index in [-0.39, 0.29) is 0 Å². The fraction of sp³-hybridized carbons (Fsp3) is 0.625. The molecular weight excluding hydrogens is 220 g/mol. The quantitative estimate of drug-likeness (QED) is 0.792. The van der Waals surface area contributed by atoms with Gasteiger partial charge in [-0.1, -0.05) is 30.3 Å². The van der Waals surface area contributed by atoms with Crippen LogP contribution in [0.3, 0.4) is 0 Å². The summed E-state index contributed by atoms with van der Waals surface area (Å²) in [5.74, 6) is 1.71. The van der Waals surface area contributed by atoms with Crippen molar-refractivity contribution in [3.8, 4) is 0 Å². The lowest BCUT2D eigenvalue weighted by Crippen LogP contribution is -2.31. The molecule has 0 spiro atoms. The van der Waals surface area contributed by atoms with Crippen molar-refractivity contribution in [2.45, 2.75) is 31.2 Å². The van der Waals surface area contributed by atoms with Crippen LogP contribution < -0.4 is 5.32 Å². The molecular formula is C16H24N2. The minimum absolute atomic E-state index is 0.824. The fourth-order valence-electron chi connectivity index (χ4n) is 2.80. The zero-order valence-electron chi connectivity index (χ0n) is 11.3. The number of hydrogen-bond donors (Lipinski definition) is 1. The molecule has 2 nitrogen and oxygen atoms in total. The van der Waals surface area contributed by atoms with Crippen LogP contribution in [0.15, 0.2) is 30.3 Å². The van der Waals surface area contributed by atoms with Crippen LogP contribution in [0.25, 0.3) is 0 Å². The highest BCUT2D eigenvalue weighted by Gasteiger charge is 2.38. The van der Waals surface area contributed by atoms with Crippen LogP contribution in [0, 0.1) is 5.92 Å². The Hall–Kier alpha value is -0.860. The van der Waals surface area contributed by atoms with E-state index in [9.17, 15) is 0 Å². The van der Waals surface area contributed by atoms with Crippen molar-refractivity contribution < 1.29 is 0 Å². The Labute approximate surface area is 110 Å². The molecule has 2 unspecified atom stereocenters. The number of hydrogen-bond acceptors (Lipinski definition) is 2. The van der Waals surface area contributed by atoms with E-state index in [4.69, 9.17) is 0 Å². The molecule has 1 aromatic rings. The van der Waals surface area contributed by atoms with E-state index in [2.05, 4.69) is 47.6 Å². The van der Waals surface area contributed by atoms with Crippen molar-refractivity contribution in [3.05, 3.63) is 35.9 Å². The lowest BCUT2D eigenvalue weighted by Gasteiger charge is -2.16. The molecule has 2 aliphatic rings. The lowest BCUT2D eigenvalue weighted by atomic mass is 10.1. The molecule has 2 heteroatoms. The molecule has 0 heterocycles. The summed E-state index contributed by atoms with van der Waals surface area (Å²) in [6.45, 7) is 3.60. The van der Waals surface area contributed by atoms with E-state index < -0.39 is 0 Å². The van der Waals surface area contributed by atoms with Crippen LogP contribution in [0.2, 0.25) is 0 Å². The van der Waals surface area contributed by atoms with Crippen molar-refractivity contribution in [2.75, 3.05) is 26.7 Å². The third kappa shape index (κ3) is 3.33. The minimum Gasteiger partial charge on any atom is -0.313 e. The van der Waals surface area contributed by atoms with E-state index in [1.54, 1.807) is 0 Å². The van der Waals surface area contributed by atoms with E-state index in [0.29, 0.717) is 0 Å². The van der Waals surface area contributed by atoms with Gasteiger partial charge in [-0.25, -0.2) is 0 Å². The van der Waals surface area contributed by atoms with E-state index in [1.807, 2.05) is 0 Å². The summed E-state index contributed by atoms with van der Waals surface area (Å²) in [6.07, 6.45) is 4.16. The zero-order valence-corrected chi connectivity index (χ0v) is 11.3. The molecule has 18 heavy (non-hydrogen) atoms. The van der Waals surface area contributed by atoms with Gasteiger partial charge in [0.15, 0.2) is 0 Å². The van der Waals surface area contributed by atoms with Gasteiger partial charge >= 0.3 is 0 Å². The van der Waals surface area contributed by atoms with Crippen molar-refractivity contribution in [1.82, 2.24) is 10.2 Å². The van der Waals surface area contributed by atoms with Gasteiger partial charge in [0.05, 0.1) is 0 Å². The second kappa shape index (κ2) is 5.41.